The second-order valence-electron chi connectivity index (χ2n) is 10.8. The topological polar surface area (TPSA) is 79.5 Å². The number of hydrogen-bond acceptors (Lipinski definition) is 7. The van der Waals surface area contributed by atoms with Gasteiger partial charge in [0.25, 0.3) is 0 Å². The summed E-state index contributed by atoms with van der Waals surface area (Å²) in [6, 6.07) is 8.53. The number of hydrogen-bond donors (Lipinski definition) is 2. The van der Waals surface area contributed by atoms with Gasteiger partial charge < -0.3 is 15.8 Å². The summed E-state index contributed by atoms with van der Waals surface area (Å²) >= 11 is 0. The molecule has 38 heavy (non-hydrogen) atoms. The average molecular weight is 527 g/mol. The predicted molar refractivity (Wildman–Crippen MR) is 141 cm³/mol. The number of aryl methyl sites for hydroxylation is 2. The maximum atomic E-state index is 13.4. The normalized spacial score (nSPS) is 21.9. The van der Waals surface area contributed by atoms with Crippen molar-refractivity contribution in [2.45, 2.75) is 51.0 Å². The Hall–Kier alpha value is -2.95. The summed E-state index contributed by atoms with van der Waals surface area (Å²) in [6.07, 6.45) is -2.37. The number of fused-ring (bicyclic) bond motifs is 2. The highest BCUT2D eigenvalue weighted by molar-refractivity contribution is 5.91. The van der Waals surface area contributed by atoms with E-state index in [0.717, 1.165) is 75.3 Å². The average Bonchev–Trinajstić information content (AvgIpc) is 3.24. The van der Waals surface area contributed by atoms with Crippen molar-refractivity contribution in [1.82, 2.24) is 19.8 Å². The van der Waals surface area contributed by atoms with Gasteiger partial charge >= 0.3 is 6.18 Å². The van der Waals surface area contributed by atoms with Gasteiger partial charge in [0.05, 0.1) is 36.4 Å². The molecule has 10 heteroatoms. The molecule has 3 N–H and O–H groups in total. The predicted octanol–water partition coefficient (Wildman–Crippen LogP) is 4.72. The van der Waals surface area contributed by atoms with Gasteiger partial charge in [0.1, 0.15) is 11.6 Å². The molecule has 1 aromatic heterocycles. The molecule has 2 saturated heterocycles. The lowest BCUT2D eigenvalue weighted by Crippen LogP contribution is -2.56. The van der Waals surface area contributed by atoms with Gasteiger partial charge in [-0.25, -0.2) is 9.97 Å². The molecule has 0 amide bonds. The second-order valence-corrected chi connectivity index (χ2v) is 10.8. The van der Waals surface area contributed by atoms with Crippen molar-refractivity contribution in [3.8, 4) is 0 Å². The van der Waals surface area contributed by atoms with Crippen LogP contribution in [0.5, 0.6) is 0 Å². The van der Waals surface area contributed by atoms with E-state index in [2.05, 4.69) is 37.2 Å². The summed E-state index contributed by atoms with van der Waals surface area (Å²) in [4.78, 5) is 14.5. The number of anilines is 2. The third kappa shape index (κ3) is 4.81. The van der Waals surface area contributed by atoms with Gasteiger partial charge in [-0.1, -0.05) is 0 Å². The van der Waals surface area contributed by atoms with Crippen molar-refractivity contribution in [3.05, 3.63) is 58.4 Å². The second kappa shape index (κ2) is 9.66. The standard InChI is InChI=1S/C28H33F3N6O/c1-16(19-9-20(28(29,30)31)12-21(32)10-19)33-27-24-13-23-18(11-25(24)34-17(2)35-27)3-4-26(23)37-7-5-36(6-8-37)22-14-38-15-22/h9-13,16,22,26H,3-8,14-15,32H2,1-2H3,(H,33,34,35). The van der Waals surface area contributed by atoms with Gasteiger partial charge in [0, 0.05) is 43.3 Å². The van der Waals surface area contributed by atoms with Crippen molar-refractivity contribution >= 4 is 22.4 Å². The summed E-state index contributed by atoms with van der Waals surface area (Å²) in [5, 5.41) is 4.25. The van der Waals surface area contributed by atoms with Gasteiger partial charge in [0.15, 0.2) is 0 Å². The number of ether oxygens (including phenoxy) is 1. The number of nitrogens with one attached hydrogen (secondary N) is 1. The van der Waals surface area contributed by atoms with Crippen LogP contribution in [0.2, 0.25) is 0 Å². The molecule has 3 aliphatic rings. The van der Waals surface area contributed by atoms with Crippen molar-refractivity contribution in [3.63, 3.8) is 0 Å². The highest BCUT2D eigenvalue weighted by atomic mass is 19.4. The molecule has 2 aromatic carbocycles. The number of benzene rings is 2. The van der Waals surface area contributed by atoms with E-state index in [1.165, 1.54) is 11.1 Å². The van der Waals surface area contributed by atoms with Crippen LogP contribution in [0.15, 0.2) is 30.3 Å². The summed E-state index contributed by atoms with van der Waals surface area (Å²) in [5.41, 5.74) is 9.08. The minimum absolute atomic E-state index is 0.0813. The van der Waals surface area contributed by atoms with E-state index in [1.54, 1.807) is 6.07 Å². The monoisotopic (exact) mass is 526 g/mol. The van der Waals surface area contributed by atoms with Crippen LogP contribution in [-0.2, 0) is 17.3 Å². The Morgan fingerprint density at radius 2 is 1.76 bits per heavy atom. The van der Waals surface area contributed by atoms with Crippen LogP contribution < -0.4 is 11.1 Å². The Labute approximate surface area is 220 Å². The summed E-state index contributed by atoms with van der Waals surface area (Å²) in [6.45, 7) is 9.52. The molecule has 6 rings (SSSR count). The Balaban J connectivity index is 1.28. The van der Waals surface area contributed by atoms with Crippen LogP contribution in [0, 0.1) is 6.92 Å². The van der Waals surface area contributed by atoms with Crippen LogP contribution >= 0.6 is 0 Å². The molecular formula is C28H33F3N6O. The molecule has 2 aliphatic heterocycles. The third-order valence-corrected chi connectivity index (χ3v) is 8.20. The van der Waals surface area contributed by atoms with E-state index >= 15 is 0 Å². The minimum atomic E-state index is -4.46. The van der Waals surface area contributed by atoms with Crippen LogP contribution in [0.1, 0.15) is 53.5 Å². The molecule has 0 radical (unpaired) electrons. The molecule has 0 bridgehead atoms. The fraction of sp³-hybridized carbons (Fsp3) is 0.500. The highest BCUT2D eigenvalue weighted by Crippen LogP contribution is 2.40. The highest BCUT2D eigenvalue weighted by Gasteiger charge is 2.35. The Kier molecular flexibility index (Phi) is 6.44. The Morgan fingerprint density at radius 1 is 1.03 bits per heavy atom. The van der Waals surface area contributed by atoms with Crippen LogP contribution in [0.3, 0.4) is 0 Å². The molecule has 2 unspecified atom stereocenters. The molecule has 7 nitrogen and oxygen atoms in total. The lowest BCUT2D eigenvalue weighted by Gasteiger charge is -2.44. The smallest absolute Gasteiger partial charge is 0.399 e. The van der Waals surface area contributed by atoms with Crippen LogP contribution in [0.25, 0.3) is 10.9 Å². The molecule has 0 spiro atoms. The van der Waals surface area contributed by atoms with E-state index in [9.17, 15) is 13.2 Å². The largest absolute Gasteiger partial charge is 0.416 e. The molecule has 0 saturated carbocycles. The maximum Gasteiger partial charge on any atom is 0.416 e. The Morgan fingerprint density at radius 3 is 2.45 bits per heavy atom. The number of piperazine rings is 1. The first kappa shape index (κ1) is 25.3. The Bertz CT molecular complexity index is 1350. The van der Waals surface area contributed by atoms with Gasteiger partial charge in [-0.2, -0.15) is 13.2 Å². The fourth-order valence-corrected chi connectivity index (χ4v) is 6.04. The van der Waals surface area contributed by atoms with E-state index in [1.807, 2.05) is 13.8 Å². The lowest BCUT2D eigenvalue weighted by atomic mass is 10.0. The van der Waals surface area contributed by atoms with E-state index in [0.29, 0.717) is 29.3 Å². The summed E-state index contributed by atoms with van der Waals surface area (Å²) < 4.78 is 45.5. The summed E-state index contributed by atoms with van der Waals surface area (Å²) in [5.74, 6) is 1.24. The van der Waals surface area contributed by atoms with Gasteiger partial charge in [-0.3, -0.25) is 9.80 Å². The number of halogens is 3. The number of alkyl halides is 3. The lowest BCUT2D eigenvalue weighted by molar-refractivity contribution is -0.137. The third-order valence-electron chi connectivity index (χ3n) is 8.20. The molecular weight excluding hydrogens is 493 g/mol. The minimum Gasteiger partial charge on any atom is -0.399 e. The van der Waals surface area contributed by atoms with Crippen molar-refractivity contribution in [1.29, 1.82) is 0 Å². The quantitative estimate of drug-likeness (QED) is 0.466. The maximum absolute atomic E-state index is 13.4. The van der Waals surface area contributed by atoms with Gasteiger partial charge in [-0.05, 0) is 73.7 Å². The molecule has 1 aliphatic carbocycles. The molecule has 2 fully saturated rings. The number of nitrogen functional groups attached to an aromatic ring is 1. The van der Waals surface area contributed by atoms with Crippen LogP contribution in [0.4, 0.5) is 24.7 Å². The van der Waals surface area contributed by atoms with Crippen molar-refractivity contribution < 1.29 is 17.9 Å². The van der Waals surface area contributed by atoms with E-state index < -0.39 is 17.8 Å². The summed E-state index contributed by atoms with van der Waals surface area (Å²) in [7, 11) is 0. The first-order chi connectivity index (χ1) is 18.2. The number of rotatable bonds is 5. The molecule has 202 valence electrons. The SMILES string of the molecule is Cc1nc(NC(C)c2cc(N)cc(C(F)(F)F)c2)c2cc3c(cc2n1)CCC3N1CCN(C2COC2)CC1. The van der Waals surface area contributed by atoms with Crippen LogP contribution in [-0.4, -0.2) is 65.2 Å². The first-order valence-electron chi connectivity index (χ1n) is 13.3. The van der Waals surface area contributed by atoms with E-state index in [4.69, 9.17) is 10.5 Å². The number of nitrogens with two attached hydrogens (primary N) is 1. The first-order valence-corrected chi connectivity index (χ1v) is 13.3. The fourth-order valence-electron chi connectivity index (χ4n) is 6.04. The van der Waals surface area contributed by atoms with Gasteiger partial charge in [-0.15, -0.1) is 0 Å². The molecule has 3 aromatic rings. The van der Waals surface area contributed by atoms with Crippen molar-refractivity contribution in [2.75, 3.05) is 50.4 Å². The number of aromatic nitrogens is 2. The zero-order chi connectivity index (χ0) is 26.6. The zero-order valence-corrected chi connectivity index (χ0v) is 21.7. The molecule has 3 heterocycles. The molecule has 2 atom stereocenters. The van der Waals surface area contributed by atoms with Gasteiger partial charge in [0.2, 0.25) is 0 Å². The van der Waals surface area contributed by atoms with E-state index in [-0.39, 0.29) is 5.69 Å². The van der Waals surface area contributed by atoms with Crippen molar-refractivity contribution in [2.24, 2.45) is 0 Å². The number of nitrogens with zero attached hydrogens (tertiary/aromatic N) is 4. The zero-order valence-electron chi connectivity index (χ0n) is 21.7.